The molecular weight excluding hydrogens is 419 g/mol. The highest BCUT2D eigenvalue weighted by molar-refractivity contribution is 14.0. The van der Waals surface area contributed by atoms with Crippen molar-refractivity contribution in [2.45, 2.75) is 52.5 Å². The van der Waals surface area contributed by atoms with Gasteiger partial charge < -0.3 is 10.2 Å². The fraction of sp³-hybridized carbons (Fsp3) is 0.647. The van der Waals surface area contributed by atoms with Gasteiger partial charge in [-0.05, 0) is 46.0 Å². The second kappa shape index (κ2) is 11.0. The van der Waals surface area contributed by atoms with Crippen LogP contribution in [-0.2, 0) is 6.54 Å². The lowest BCUT2D eigenvalue weighted by atomic mass is 9.97. The smallest absolute Gasteiger partial charge is 0.194 e. The van der Waals surface area contributed by atoms with E-state index in [0.717, 1.165) is 42.7 Å². The Bertz CT molecular complexity index is 524. The second-order valence-electron chi connectivity index (χ2n) is 5.81. The van der Waals surface area contributed by atoms with E-state index in [9.17, 15) is 0 Å². The van der Waals surface area contributed by atoms with Crippen LogP contribution >= 0.6 is 35.3 Å². The van der Waals surface area contributed by atoms with Gasteiger partial charge in [0, 0.05) is 25.5 Å². The Kier molecular flexibility index (Phi) is 9.78. The number of rotatable bonds is 6. The summed E-state index contributed by atoms with van der Waals surface area (Å²) in [6.45, 7) is 6.72. The molecule has 23 heavy (non-hydrogen) atoms. The zero-order valence-corrected chi connectivity index (χ0v) is 17.6. The molecule has 0 saturated heterocycles. The van der Waals surface area contributed by atoms with Crippen LogP contribution in [0, 0.1) is 6.92 Å². The standard InChI is InChI=1S/C17H28N4S.HI/c1-4-18-17(19-11-10-15-8-6-5-7-9-15)21(3)12-16-13-22-14(2)20-16;/h8,13H,4-7,9-12H2,1-3H3,(H,18,19);1H. The molecule has 1 N–H and O–H groups in total. The fourth-order valence-electron chi connectivity index (χ4n) is 2.71. The SMILES string of the molecule is CCNC(=NCCC1=CCCCC1)N(C)Cc1csc(C)n1.I. The van der Waals surface area contributed by atoms with Crippen molar-refractivity contribution in [1.29, 1.82) is 0 Å². The van der Waals surface area contributed by atoms with E-state index in [1.807, 2.05) is 6.92 Å². The molecule has 1 aliphatic carbocycles. The van der Waals surface area contributed by atoms with Crippen molar-refractivity contribution in [1.82, 2.24) is 15.2 Å². The number of nitrogens with zero attached hydrogens (tertiary/aromatic N) is 3. The topological polar surface area (TPSA) is 40.5 Å². The highest BCUT2D eigenvalue weighted by Gasteiger charge is 2.09. The van der Waals surface area contributed by atoms with Gasteiger partial charge in [0.15, 0.2) is 5.96 Å². The molecule has 0 unspecified atom stereocenters. The van der Waals surface area contributed by atoms with E-state index in [-0.39, 0.29) is 24.0 Å². The summed E-state index contributed by atoms with van der Waals surface area (Å²) in [4.78, 5) is 11.5. The average Bonchev–Trinajstić information content (AvgIpc) is 2.92. The molecule has 4 nitrogen and oxygen atoms in total. The molecule has 0 radical (unpaired) electrons. The van der Waals surface area contributed by atoms with E-state index in [4.69, 9.17) is 4.99 Å². The van der Waals surface area contributed by atoms with Crippen LogP contribution in [0.4, 0.5) is 0 Å². The predicted octanol–water partition coefficient (Wildman–Crippen LogP) is 4.36. The Hall–Kier alpha value is -0.630. The summed E-state index contributed by atoms with van der Waals surface area (Å²) >= 11 is 1.70. The maximum absolute atomic E-state index is 4.78. The Labute approximate surface area is 161 Å². The molecule has 0 atom stereocenters. The Morgan fingerprint density at radius 2 is 2.26 bits per heavy atom. The third-order valence-corrected chi connectivity index (χ3v) is 4.66. The molecule has 0 amide bonds. The van der Waals surface area contributed by atoms with Gasteiger partial charge in [0.25, 0.3) is 0 Å². The van der Waals surface area contributed by atoms with Crippen LogP contribution in [0.25, 0.3) is 0 Å². The van der Waals surface area contributed by atoms with E-state index in [0.29, 0.717) is 0 Å². The quantitative estimate of drug-likeness (QED) is 0.304. The second-order valence-corrected chi connectivity index (χ2v) is 6.87. The molecule has 1 aromatic heterocycles. The maximum Gasteiger partial charge on any atom is 0.194 e. The number of aromatic nitrogens is 1. The molecular formula is C17H29IN4S. The third kappa shape index (κ3) is 7.20. The Morgan fingerprint density at radius 3 is 2.87 bits per heavy atom. The average molecular weight is 448 g/mol. The van der Waals surface area contributed by atoms with Gasteiger partial charge >= 0.3 is 0 Å². The summed E-state index contributed by atoms with van der Waals surface area (Å²) in [7, 11) is 2.08. The molecule has 0 aliphatic heterocycles. The molecule has 2 rings (SSSR count). The minimum atomic E-state index is 0. The van der Waals surface area contributed by atoms with Crippen LogP contribution in [-0.4, -0.2) is 36.0 Å². The molecule has 6 heteroatoms. The van der Waals surface area contributed by atoms with Crippen molar-refractivity contribution in [3.63, 3.8) is 0 Å². The fourth-order valence-corrected chi connectivity index (χ4v) is 3.31. The third-order valence-electron chi connectivity index (χ3n) is 3.84. The van der Waals surface area contributed by atoms with E-state index in [2.05, 4.69) is 40.6 Å². The number of allylic oxidation sites excluding steroid dienone is 1. The summed E-state index contributed by atoms with van der Waals surface area (Å²) < 4.78 is 0. The van der Waals surface area contributed by atoms with Crippen LogP contribution in [0.1, 0.15) is 49.7 Å². The summed E-state index contributed by atoms with van der Waals surface area (Å²) in [5, 5.41) is 6.63. The van der Waals surface area contributed by atoms with E-state index in [1.54, 1.807) is 16.9 Å². The van der Waals surface area contributed by atoms with Gasteiger partial charge in [-0.3, -0.25) is 4.99 Å². The number of aryl methyl sites for hydroxylation is 1. The summed E-state index contributed by atoms with van der Waals surface area (Å²) in [6.07, 6.45) is 8.72. The lowest BCUT2D eigenvalue weighted by Gasteiger charge is -2.21. The lowest BCUT2D eigenvalue weighted by Crippen LogP contribution is -2.38. The summed E-state index contributed by atoms with van der Waals surface area (Å²) in [6, 6.07) is 0. The first kappa shape index (κ1) is 20.4. The van der Waals surface area contributed by atoms with E-state index >= 15 is 0 Å². The Morgan fingerprint density at radius 1 is 1.43 bits per heavy atom. The summed E-state index contributed by atoms with van der Waals surface area (Å²) in [5.74, 6) is 0.976. The monoisotopic (exact) mass is 448 g/mol. The van der Waals surface area contributed by atoms with Crippen LogP contribution in [0.5, 0.6) is 0 Å². The van der Waals surface area contributed by atoms with Gasteiger partial charge in [0.05, 0.1) is 17.2 Å². The highest BCUT2D eigenvalue weighted by atomic mass is 127. The molecule has 1 heterocycles. The number of hydrogen-bond donors (Lipinski definition) is 1. The van der Waals surface area contributed by atoms with Gasteiger partial charge in [0.2, 0.25) is 0 Å². The van der Waals surface area contributed by atoms with Crippen LogP contribution in [0.15, 0.2) is 22.0 Å². The van der Waals surface area contributed by atoms with Gasteiger partial charge in [-0.15, -0.1) is 35.3 Å². The van der Waals surface area contributed by atoms with Crippen molar-refractivity contribution in [3.05, 3.63) is 27.7 Å². The molecule has 130 valence electrons. The van der Waals surface area contributed by atoms with Crippen molar-refractivity contribution < 1.29 is 0 Å². The number of hydrogen-bond acceptors (Lipinski definition) is 3. The Balaban J connectivity index is 0.00000264. The molecule has 1 aromatic rings. The molecule has 1 aliphatic rings. The highest BCUT2D eigenvalue weighted by Crippen LogP contribution is 2.19. The zero-order valence-electron chi connectivity index (χ0n) is 14.5. The van der Waals surface area contributed by atoms with Gasteiger partial charge in [-0.1, -0.05) is 11.6 Å². The van der Waals surface area contributed by atoms with E-state index < -0.39 is 0 Å². The molecule has 0 saturated carbocycles. The van der Waals surface area contributed by atoms with Crippen LogP contribution < -0.4 is 5.32 Å². The predicted molar refractivity (Wildman–Crippen MR) is 111 cm³/mol. The van der Waals surface area contributed by atoms with Gasteiger partial charge in [0.1, 0.15) is 0 Å². The molecule has 0 aromatic carbocycles. The van der Waals surface area contributed by atoms with Gasteiger partial charge in [-0.25, -0.2) is 4.98 Å². The normalized spacial score (nSPS) is 14.9. The lowest BCUT2D eigenvalue weighted by molar-refractivity contribution is 0.471. The number of thiazole rings is 1. The van der Waals surface area contributed by atoms with Crippen LogP contribution in [0.2, 0.25) is 0 Å². The van der Waals surface area contributed by atoms with Crippen molar-refractivity contribution in [2.24, 2.45) is 4.99 Å². The number of aliphatic imine (C=N–C) groups is 1. The van der Waals surface area contributed by atoms with Crippen molar-refractivity contribution in [3.8, 4) is 0 Å². The molecule has 0 spiro atoms. The first-order valence-corrected chi connectivity index (χ1v) is 9.15. The van der Waals surface area contributed by atoms with E-state index in [1.165, 1.54) is 25.7 Å². The number of nitrogens with one attached hydrogen (secondary N) is 1. The largest absolute Gasteiger partial charge is 0.357 e. The van der Waals surface area contributed by atoms with Crippen molar-refractivity contribution in [2.75, 3.05) is 20.1 Å². The molecule has 0 fully saturated rings. The zero-order chi connectivity index (χ0) is 15.8. The van der Waals surface area contributed by atoms with Gasteiger partial charge in [-0.2, -0.15) is 0 Å². The first-order chi connectivity index (χ1) is 10.7. The molecule has 0 bridgehead atoms. The van der Waals surface area contributed by atoms with Crippen LogP contribution in [0.3, 0.4) is 0 Å². The first-order valence-electron chi connectivity index (χ1n) is 8.27. The van der Waals surface area contributed by atoms with Crippen molar-refractivity contribution >= 4 is 41.3 Å². The maximum atomic E-state index is 4.78. The minimum absolute atomic E-state index is 0. The number of guanidine groups is 1. The minimum Gasteiger partial charge on any atom is -0.357 e. The number of halogens is 1. The summed E-state index contributed by atoms with van der Waals surface area (Å²) in [5.41, 5.74) is 2.70.